The molecule has 3 N–H and O–H groups in total. The molecule has 3 nitrogen and oxygen atoms in total. The van der Waals surface area contributed by atoms with Crippen LogP contribution in [0.15, 0.2) is 34.1 Å². The molecule has 2 heterocycles. The Labute approximate surface area is 131 Å². The molecule has 1 aliphatic rings. The maximum absolute atomic E-state index is 7.84. The number of anilines is 1. The highest BCUT2D eigenvalue weighted by Crippen LogP contribution is 2.38. The molecule has 20 heavy (non-hydrogen) atoms. The van der Waals surface area contributed by atoms with Crippen LogP contribution in [0.1, 0.15) is 29.0 Å². The lowest BCUT2D eigenvalue weighted by Gasteiger charge is -2.36. The number of nitrogens with two attached hydrogens (primary N) is 1. The first-order valence-corrected chi connectivity index (χ1v) is 8.22. The summed E-state index contributed by atoms with van der Waals surface area (Å²) >= 11 is 5.35. The van der Waals surface area contributed by atoms with Gasteiger partial charge in [-0.05, 0) is 58.4 Å². The topological polar surface area (TPSA) is 53.1 Å². The van der Waals surface area contributed by atoms with E-state index in [0.717, 1.165) is 28.7 Å². The Kier molecular flexibility index (Phi) is 3.56. The van der Waals surface area contributed by atoms with E-state index in [9.17, 15) is 0 Å². The first kappa shape index (κ1) is 13.6. The number of amidine groups is 1. The molecule has 1 atom stereocenters. The fourth-order valence-corrected chi connectivity index (χ4v) is 4.39. The van der Waals surface area contributed by atoms with Crippen molar-refractivity contribution in [2.45, 2.75) is 19.4 Å². The van der Waals surface area contributed by atoms with Crippen LogP contribution in [-0.2, 0) is 6.42 Å². The van der Waals surface area contributed by atoms with Crippen molar-refractivity contribution in [2.75, 3.05) is 11.4 Å². The number of thiophene rings is 1. The number of benzene rings is 1. The zero-order valence-corrected chi connectivity index (χ0v) is 13.6. The third kappa shape index (κ3) is 2.15. The zero-order chi connectivity index (χ0) is 14.3. The summed E-state index contributed by atoms with van der Waals surface area (Å²) in [5.74, 6) is 0.107. The second-order valence-electron chi connectivity index (χ2n) is 4.97. The average molecular weight is 350 g/mol. The van der Waals surface area contributed by atoms with Crippen LogP contribution in [0.4, 0.5) is 5.69 Å². The second-order valence-corrected chi connectivity index (χ2v) is 6.82. The van der Waals surface area contributed by atoms with Crippen molar-refractivity contribution in [3.8, 4) is 0 Å². The highest BCUT2D eigenvalue weighted by molar-refractivity contribution is 9.10. The smallest absolute Gasteiger partial charge is 0.126 e. The highest BCUT2D eigenvalue weighted by Gasteiger charge is 2.27. The van der Waals surface area contributed by atoms with E-state index in [4.69, 9.17) is 11.1 Å². The van der Waals surface area contributed by atoms with Gasteiger partial charge in [-0.2, -0.15) is 0 Å². The number of rotatable bonds is 2. The van der Waals surface area contributed by atoms with Gasteiger partial charge in [0.2, 0.25) is 0 Å². The summed E-state index contributed by atoms with van der Waals surface area (Å²) in [6.07, 6.45) is 1.06. The fourth-order valence-electron chi connectivity index (χ4n) is 2.86. The van der Waals surface area contributed by atoms with Crippen LogP contribution in [0.2, 0.25) is 0 Å². The normalized spacial score (nSPS) is 17.9. The fraction of sp³-hybridized carbons (Fsp3) is 0.267. The zero-order valence-electron chi connectivity index (χ0n) is 11.2. The molecule has 1 aliphatic heterocycles. The standard InChI is InChI=1S/C15H16BrN3S/c1-9-10-6-8-20-13(10)5-7-19(9)12-4-2-3-11(16)14(12)15(17)18/h2-4,6,8-9H,5,7H2,1H3,(H3,17,18). The summed E-state index contributed by atoms with van der Waals surface area (Å²) in [7, 11) is 0. The van der Waals surface area contributed by atoms with Crippen molar-refractivity contribution in [1.29, 1.82) is 5.41 Å². The first-order valence-electron chi connectivity index (χ1n) is 6.55. The summed E-state index contributed by atoms with van der Waals surface area (Å²) in [4.78, 5) is 3.82. The van der Waals surface area contributed by atoms with Gasteiger partial charge in [0, 0.05) is 21.6 Å². The van der Waals surface area contributed by atoms with Crippen molar-refractivity contribution in [1.82, 2.24) is 0 Å². The number of hydrogen-bond donors (Lipinski definition) is 2. The molecule has 0 amide bonds. The van der Waals surface area contributed by atoms with Crippen molar-refractivity contribution in [3.63, 3.8) is 0 Å². The van der Waals surface area contributed by atoms with Crippen LogP contribution in [-0.4, -0.2) is 12.4 Å². The number of nitrogens with zero attached hydrogens (tertiary/aromatic N) is 1. The Morgan fingerprint density at radius 1 is 1.45 bits per heavy atom. The van der Waals surface area contributed by atoms with Gasteiger partial charge >= 0.3 is 0 Å². The predicted octanol–water partition coefficient (Wildman–Crippen LogP) is 3.92. The van der Waals surface area contributed by atoms with E-state index in [-0.39, 0.29) is 5.84 Å². The van der Waals surface area contributed by atoms with Crippen LogP contribution in [0.25, 0.3) is 0 Å². The van der Waals surface area contributed by atoms with Crippen molar-refractivity contribution in [3.05, 3.63) is 50.1 Å². The molecule has 1 aromatic heterocycles. The summed E-state index contributed by atoms with van der Waals surface area (Å²) in [6, 6.07) is 8.52. The van der Waals surface area contributed by atoms with Gasteiger partial charge in [-0.1, -0.05) is 6.07 Å². The molecule has 0 saturated heterocycles. The Bertz CT molecular complexity index is 665. The Morgan fingerprint density at radius 2 is 2.25 bits per heavy atom. The SMILES string of the molecule is CC1c2ccsc2CCN1c1cccc(Br)c1C(=N)N. The van der Waals surface area contributed by atoms with E-state index in [1.165, 1.54) is 10.4 Å². The molecular formula is C15H16BrN3S. The number of nitrogens with one attached hydrogen (secondary N) is 1. The minimum Gasteiger partial charge on any atom is -0.384 e. The van der Waals surface area contributed by atoms with Crippen LogP contribution in [0.5, 0.6) is 0 Å². The van der Waals surface area contributed by atoms with E-state index in [0.29, 0.717) is 6.04 Å². The first-order chi connectivity index (χ1) is 9.59. The van der Waals surface area contributed by atoms with Gasteiger partial charge in [0.25, 0.3) is 0 Å². The maximum Gasteiger partial charge on any atom is 0.126 e. The van der Waals surface area contributed by atoms with Gasteiger partial charge in [-0.3, -0.25) is 5.41 Å². The molecule has 1 aromatic carbocycles. The van der Waals surface area contributed by atoms with Crippen molar-refractivity contribution < 1.29 is 0 Å². The number of nitrogen functional groups attached to an aromatic ring is 1. The van der Waals surface area contributed by atoms with E-state index in [1.54, 1.807) is 0 Å². The second kappa shape index (κ2) is 5.22. The third-order valence-electron chi connectivity index (χ3n) is 3.85. The van der Waals surface area contributed by atoms with Crippen LogP contribution in [0.3, 0.4) is 0 Å². The van der Waals surface area contributed by atoms with Gasteiger partial charge in [-0.15, -0.1) is 11.3 Å². The quantitative estimate of drug-likeness (QED) is 0.637. The lowest BCUT2D eigenvalue weighted by Crippen LogP contribution is -2.34. The molecular weight excluding hydrogens is 334 g/mol. The van der Waals surface area contributed by atoms with Gasteiger partial charge < -0.3 is 10.6 Å². The van der Waals surface area contributed by atoms with E-state index < -0.39 is 0 Å². The molecule has 0 spiro atoms. The summed E-state index contributed by atoms with van der Waals surface area (Å²) in [6.45, 7) is 3.18. The molecule has 3 rings (SSSR count). The Hall–Kier alpha value is -1.33. The molecule has 0 aliphatic carbocycles. The van der Waals surface area contributed by atoms with Crippen molar-refractivity contribution in [2.24, 2.45) is 5.73 Å². The molecule has 5 heteroatoms. The van der Waals surface area contributed by atoms with Gasteiger partial charge in [0.05, 0.1) is 11.6 Å². The van der Waals surface area contributed by atoms with E-state index in [2.05, 4.69) is 45.3 Å². The van der Waals surface area contributed by atoms with Gasteiger partial charge in [0.15, 0.2) is 0 Å². The Balaban J connectivity index is 2.07. The lowest BCUT2D eigenvalue weighted by molar-refractivity contribution is 0.632. The third-order valence-corrected chi connectivity index (χ3v) is 5.50. The van der Waals surface area contributed by atoms with Crippen LogP contribution < -0.4 is 10.6 Å². The molecule has 0 bridgehead atoms. The number of halogens is 1. The van der Waals surface area contributed by atoms with E-state index in [1.807, 2.05) is 23.5 Å². The number of hydrogen-bond acceptors (Lipinski definition) is 3. The molecule has 104 valence electrons. The molecule has 0 fully saturated rings. The average Bonchev–Trinajstić information content (AvgIpc) is 2.87. The lowest BCUT2D eigenvalue weighted by atomic mass is 9.99. The monoisotopic (exact) mass is 349 g/mol. The molecule has 0 radical (unpaired) electrons. The van der Waals surface area contributed by atoms with Crippen LogP contribution in [0, 0.1) is 5.41 Å². The van der Waals surface area contributed by atoms with Crippen molar-refractivity contribution >= 4 is 38.8 Å². The van der Waals surface area contributed by atoms with Gasteiger partial charge in [-0.25, -0.2) is 0 Å². The van der Waals surface area contributed by atoms with Crippen LogP contribution >= 0.6 is 27.3 Å². The van der Waals surface area contributed by atoms with E-state index >= 15 is 0 Å². The largest absolute Gasteiger partial charge is 0.384 e. The highest BCUT2D eigenvalue weighted by atomic mass is 79.9. The molecule has 2 aromatic rings. The minimum atomic E-state index is 0.107. The summed E-state index contributed by atoms with van der Waals surface area (Å²) in [5.41, 5.74) is 9.00. The minimum absolute atomic E-state index is 0.107. The number of fused-ring (bicyclic) bond motifs is 1. The maximum atomic E-state index is 7.84. The summed E-state index contributed by atoms with van der Waals surface area (Å²) in [5, 5.41) is 10.0. The predicted molar refractivity (Wildman–Crippen MR) is 88.9 cm³/mol. The molecule has 1 unspecified atom stereocenters. The molecule has 0 saturated carbocycles. The Morgan fingerprint density at radius 3 is 3.00 bits per heavy atom. The van der Waals surface area contributed by atoms with Gasteiger partial charge in [0.1, 0.15) is 5.84 Å². The summed E-state index contributed by atoms with van der Waals surface area (Å²) < 4.78 is 0.880.